The number of piperidine rings is 1. The third kappa shape index (κ3) is 3.68. The zero-order valence-corrected chi connectivity index (χ0v) is 11.6. The Labute approximate surface area is 113 Å². The Kier molecular flexibility index (Phi) is 4.61. The van der Waals surface area contributed by atoms with Crippen molar-refractivity contribution < 1.29 is 8.42 Å². The maximum absolute atomic E-state index is 12.0. The van der Waals surface area contributed by atoms with Crippen molar-refractivity contribution in [1.82, 2.24) is 10.0 Å². The zero-order chi connectivity index (χ0) is 13.0. The van der Waals surface area contributed by atoms with Crippen LogP contribution >= 0.6 is 11.6 Å². The fourth-order valence-corrected chi connectivity index (χ4v) is 3.45. The molecule has 0 radical (unpaired) electrons. The van der Waals surface area contributed by atoms with Gasteiger partial charge >= 0.3 is 0 Å². The minimum absolute atomic E-state index is 0.226. The van der Waals surface area contributed by atoms with Gasteiger partial charge in [-0.15, -0.1) is 0 Å². The van der Waals surface area contributed by atoms with Crippen LogP contribution in [0.5, 0.6) is 0 Å². The second-order valence-corrected chi connectivity index (χ2v) is 6.71. The van der Waals surface area contributed by atoms with Crippen LogP contribution in [-0.2, 0) is 10.0 Å². The Hall–Kier alpha value is -0.620. The third-order valence-electron chi connectivity index (χ3n) is 3.13. The first-order valence-electron chi connectivity index (χ1n) is 6.04. The summed E-state index contributed by atoms with van der Waals surface area (Å²) in [6.45, 7) is 2.42. The smallest absolute Gasteiger partial charge is 0.240 e. The molecule has 0 bridgehead atoms. The minimum Gasteiger partial charge on any atom is -0.317 e. The van der Waals surface area contributed by atoms with Crippen LogP contribution in [0.25, 0.3) is 0 Å². The molecule has 2 N–H and O–H groups in total. The summed E-state index contributed by atoms with van der Waals surface area (Å²) in [5, 5.41) is 3.69. The monoisotopic (exact) mass is 288 g/mol. The van der Waals surface area contributed by atoms with E-state index >= 15 is 0 Å². The van der Waals surface area contributed by atoms with E-state index in [0.29, 0.717) is 17.5 Å². The van der Waals surface area contributed by atoms with Crippen LogP contribution in [0.2, 0.25) is 5.02 Å². The molecule has 1 aromatic rings. The summed E-state index contributed by atoms with van der Waals surface area (Å²) in [5.74, 6) is 0.417. The number of nitrogens with one attached hydrogen (secondary N) is 2. The third-order valence-corrected chi connectivity index (χ3v) is 4.78. The first kappa shape index (κ1) is 13.8. The van der Waals surface area contributed by atoms with Crippen LogP contribution in [0, 0.1) is 5.92 Å². The van der Waals surface area contributed by atoms with E-state index in [9.17, 15) is 8.42 Å². The molecule has 0 saturated carbocycles. The quantitative estimate of drug-likeness (QED) is 0.885. The fourth-order valence-electron chi connectivity index (χ4n) is 2.03. The van der Waals surface area contributed by atoms with Crippen LogP contribution < -0.4 is 10.0 Å². The Bertz CT molecular complexity index is 499. The molecule has 0 atom stereocenters. The van der Waals surface area contributed by atoms with E-state index < -0.39 is 10.0 Å². The molecule has 0 amide bonds. The average Bonchev–Trinajstić information content (AvgIpc) is 2.38. The molecule has 2 rings (SSSR count). The Morgan fingerprint density at radius 2 is 2.06 bits per heavy atom. The van der Waals surface area contributed by atoms with E-state index in [4.69, 9.17) is 11.6 Å². The molecule has 6 heteroatoms. The van der Waals surface area contributed by atoms with Gasteiger partial charge < -0.3 is 5.32 Å². The maximum atomic E-state index is 12.0. The molecule has 0 spiro atoms. The van der Waals surface area contributed by atoms with E-state index in [1.807, 2.05) is 0 Å². The average molecular weight is 289 g/mol. The van der Waals surface area contributed by atoms with Crippen LogP contribution in [-0.4, -0.2) is 28.1 Å². The molecule has 1 fully saturated rings. The summed E-state index contributed by atoms with van der Waals surface area (Å²) >= 11 is 5.80. The van der Waals surface area contributed by atoms with Crippen molar-refractivity contribution in [1.29, 1.82) is 0 Å². The predicted octanol–water partition coefficient (Wildman–Crippen LogP) is 1.62. The Balaban J connectivity index is 1.98. The molecule has 1 aliphatic rings. The molecule has 0 aromatic heterocycles. The molecule has 0 aliphatic carbocycles. The SMILES string of the molecule is O=S(=O)(NCC1CCNCC1)c1cccc(Cl)c1. The Morgan fingerprint density at radius 3 is 2.72 bits per heavy atom. The minimum atomic E-state index is -3.44. The first-order chi connectivity index (χ1) is 8.58. The first-order valence-corrected chi connectivity index (χ1v) is 7.90. The lowest BCUT2D eigenvalue weighted by molar-refractivity contribution is 0.372. The van der Waals surface area contributed by atoms with Gasteiger partial charge in [0.25, 0.3) is 0 Å². The summed E-state index contributed by atoms with van der Waals surface area (Å²) in [6, 6.07) is 6.32. The number of rotatable bonds is 4. The van der Waals surface area contributed by atoms with E-state index in [1.165, 1.54) is 6.07 Å². The van der Waals surface area contributed by atoms with E-state index in [0.717, 1.165) is 25.9 Å². The molecule has 18 heavy (non-hydrogen) atoms. The summed E-state index contributed by atoms with van der Waals surface area (Å²) in [7, 11) is -3.44. The van der Waals surface area contributed by atoms with Gasteiger partial charge in [-0.1, -0.05) is 17.7 Å². The summed E-state index contributed by atoms with van der Waals surface area (Å²) in [6.07, 6.45) is 2.02. The molecule has 4 nitrogen and oxygen atoms in total. The lowest BCUT2D eigenvalue weighted by atomic mass is 9.99. The number of hydrogen-bond acceptors (Lipinski definition) is 3. The van der Waals surface area contributed by atoms with Gasteiger partial charge in [0, 0.05) is 11.6 Å². The molecular weight excluding hydrogens is 272 g/mol. The fraction of sp³-hybridized carbons (Fsp3) is 0.500. The largest absolute Gasteiger partial charge is 0.317 e. The van der Waals surface area contributed by atoms with Crippen molar-refractivity contribution in [2.45, 2.75) is 17.7 Å². The molecule has 1 heterocycles. The van der Waals surface area contributed by atoms with Gasteiger partial charge in [0.1, 0.15) is 0 Å². The van der Waals surface area contributed by atoms with Crippen molar-refractivity contribution in [2.24, 2.45) is 5.92 Å². The number of halogens is 1. The van der Waals surface area contributed by atoms with E-state index in [-0.39, 0.29) is 4.90 Å². The highest BCUT2D eigenvalue weighted by Crippen LogP contribution is 2.16. The highest BCUT2D eigenvalue weighted by atomic mass is 35.5. The Morgan fingerprint density at radius 1 is 1.33 bits per heavy atom. The second-order valence-electron chi connectivity index (χ2n) is 4.50. The lowest BCUT2D eigenvalue weighted by Crippen LogP contribution is -2.35. The van der Waals surface area contributed by atoms with Crippen molar-refractivity contribution in [3.05, 3.63) is 29.3 Å². The molecular formula is C12H17ClN2O2S. The van der Waals surface area contributed by atoms with E-state index in [2.05, 4.69) is 10.0 Å². The van der Waals surface area contributed by atoms with Gasteiger partial charge in [-0.05, 0) is 50.0 Å². The van der Waals surface area contributed by atoms with Gasteiger partial charge in [-0.3, -0.25) is 0 Å². The predicted molar refractivity (Wildman–Crippen MR) is 72.2 cm³/mol. The summed E-state index contributed by atoms with van der Waals surface area (Å²) in [4.78, 5) is 0.226. The van der Waals surface area contributed by atoms with Crippen LogP contribution in [0.1, 0.15) is 12.8 Å². The van der Waals surface area contributed by atoms with Gasteiger partial charge in [0.2, 0.25) is 10.0 Å². The lowest BCUT2D eigenvalue weighted by Gasteiger charge is -2.22. The standard InChI is InChI=1S/C12H17ClN2O2S/c13-11-2-1-3-12(8-11)18(16,17)15-9-10-4-6-14-7-5-10/h1-3,8,10,14-15H,4-7,9H2. The molecule has 1 aliphatic heterocycles. The second kappa shape index (κ2) is 6.02. The normalized spacial score (nSPS) is 17.8. The van der Waals surface area contributed by atoms with Gasteiger partial charge in [-0.25, -0.2) is 13.1 Å². The van der Waals surface area contributed by atoms with Crippen molar-refractivity contribution >= 4 is 21.6 Å². The molecule has 1 saturated heterocycles. The van der Waals surface area contributed by atoms with Crippen molar-refractivity contribution in [3.63, 3.8) is 0 Å². The van der Waals surface area contributed by atoms with Crippen molar-refractivity contribution in [3.8, 4) is 0 Å². The molecule has 0 unspecified atom stereocenters. The van der Waals surface area contributed by atoms with Crippen LogP contribution in [0.4, 0.5) is 0 Å². The van der Waals surface area contributed by atoms with Crippen LogP contribution in [0.15, 0.2) is 29.2 Å². The summed E-state index contributed by atoms with van der Waals surface area (Å²) in [5.41, 5.74) is 0. The maximum Gasteiger partial charge on any atom is 0.240 e. The highest BCUT2D eigenvalue weighted by molar-refractivity contribution is 7.89. The van der Waals surface area contributed by atoms with Gasteiger partial charge in [-0.2, -0.15) is 0 Å². The number of benzene rings is 1. The van der Waals surface area contributed by atoms with Gasteiger partial charge in [0.15, 0.2) is 0 Å². The summed E-state index contributed by atoms with van der Waals surface area (Å²) < 4.78 is 26.7. The van der Waals surface area contributed by atoms with Gasteiger partial charge in [0.05, 0.1) is 4.90 Å². The topological polar surface area (TPSA) is 58.2 Å². The van der Waals surface area contributed by atoms with Crippen molar-refractivity contribution in [2.75, 3.05) is 19.6 Å². The zero-order valence-electron chi connectivity index (χ0n) is 10.0. The molecule has 1 aromatic carbocycles. The molecule has 100 valence electrons. The number of sulfonamides is 1. The van der Waals surface area contributed by atoms with E-state index in [1.54, 1.807) is 18.2 Å². The highest BCUT2D eigenvalue weighted by Gasteiger charge is 2.18. The van der Waals surface area contributed by atoms with Crippen LogP contribution in [0.3, 0.4) is 0 Å². The number of hydrogen-bond donors (Lipinski definition) is 2.